The highest BCUT2D eigenvalue weighted by Crippen LogP contribution is 2.26. The van der Waals surface area contributed by atoms with Crippen molar-refractivity contribution < 1.29 is 0 Å². The summed E-state index contributed by atoms with van der Waals surface area (Å²) in [5.74, 6) is 0.607. The minimum Gasteiger partial charge on any atom is -0.312 e. The molecule has 0 unspecified atom stereocenters. The van der Waals surface area contributed by atoms with Crippen LogP contribution in [-0.4, -0.2) is 16.3 Å². The average Bonchev–Trinajstić information content (AvgIpc) is 2.66. The van der Waals surface area contributed by atoms with Gasteiger partial charge in [0.25, 0.3) is 0 Å². The molecule has 1 heterocycles. The van der Waals surface area contributed by atoms with E-state index in [4.69, 9.17) is 23.2 Å². The Labute approximate surface area is 136 Å². The summed E-state index contributed by atoms with van der Waals surface area (Å²) in [4.78, 5) is 0. The molecular formula is C16H21Cl2N3. The topological polar surface area (TPSA) is 29.9 Å². The normalized spacial score (nSPS) is 11.4. The van der Waals surface area contributed by atoms with Gasteiger partial charge >= 0.3 is 0 Å². The van der Waals surface area contributed by atoms with E-state index >= 15 is 0 Å². The fourth-order valence-electron chi connectivity index (χ4n) is 2.26. The van der Waals surface area contributed by atoms with Crippen LogP contribution in [0.25, 0.3) is 5.69 Å². The summed E-state index contributed by atoms with van der Waals surface area (Å²) in [7, 11) is 0. The molecule has 0 saturated heterocycles. The fourth-order valence-corrected chi connectivity index (χ4v) is 2.57. The molecule has 0 spiro atoms. The van der Waals surface area contributed by atoms with Gasteiger partial charge in [0.05, 0.1) is 22.1 Å². The van der Waals surface area contributed by atoms with Gasteiger partial charge in [-0.2, -0.15) is 5.10 Å². The number of halogens is 2. The van der Waals surface area contributed by atoms with Gasteiger partial charge in [0.15, 0.2) is 0 Å². The number of nitrogens with one attached hydrogen (secondary N) is 1. The van der Waals surface area contributed by atoms with Crippen molar-refractivity contribution in [3.63, 3.8) is 0 Å². The Bertz CT molecular complexity index is 633. The average molecular weight is 326 g/mol. The molecule has 1 aromatic carbocycles. The lowest BCUT2D eigenvalue weighted by Crippen LogP contribution is -2.20. The molecule has 0 saturated carbocycles. The molecule has 0 atom stereocenters. The highest BCUT2D eigenvalue weighted by molar-refractivity contribution is 6.32. The van der Waals surface area contributed by atoms with Crippen LogP contribution in [0.4, 0.5) is 0 Å². The van der Waals surface area contributed by atoms with Crippen molar-refractivity contribution in [1.82, 2.24) is 15.1 Å². The summed E-state index contributed by atoms with van der Waals surface area (Å²) >= 11 is 12.4. The second-order valence-corrected chi connectivity index (χ2v) is 6.51. The van der Waals surface area contributed by atoms with Gasteiger partial charge in [0, 0.05) is 11.6 Å². The maximum absolute atomic E-state index is 6.25. The van der Waals surface area contributed by atoms with Gasteiger partial charge in [-0.1, -0.05) is 37.0 Å². The number of aryl methyl sites for hydroxylation is 1. The van der Waals surface area contributed by atoms with Gasteiger partial charge < -0.3 is 5.32 Å². The van der Waals surface area contributed by atoms with Crippen LogP contribution in [0.5, 0.6) is 0 Å². The van der Waals surface area contributed by atoms with Crippen LogP contribution in [0.3, 0.4) is 0 Å². The van der Waals surface area contributed by atoms with Gasteiger partial charge in [-0.05, 0) is 50.1 Å². The van der Waals surface area contributed by atoms with Crippen LogP contribution in [0.2, 0.25) is 10.0 Å². The molecule has 3 nitrogen and oxygen atoms in total. The lowest BCUT2D eigenvalue weighted by atomic mass is 10.1. The maximum atomic E-state index is 6.25. The molecule has 0 aliphatic heterocycles. The highest BCUT2D eigenvalue weighted by atomic mass is 35.5. The monoisotopic (exact) mass is 325 g/mol. The van der Waals surface area contributed by atoms with Crippen molar-refractivity contribution in [2.24, 2.45) is 5.92 Å². The second kappa shape index (κ2) is 6.82. The molecule has 5 heteroatoms. The molecular weight excluding hydrogens is 305 g/mol. The molecule has 0 amide bonds. The largest absolute Gasteiger partial charge is 0.312 e. The van der Waals surface area contributed by atoms with Gasteiger partial charge in [0.1, 0.15) is 0 Å². The first kappa shape index (κ1) is 16.3. The quantitative estimate of drug-likeness (QED) is 0.874. The Kier molecular flexibility index (Phi) is 5.31. The number of nitrogens with zero attached hydrogens (tertiary/aromatic N) is 2. The predicted molar refractivity (Wildman–Crippen MR) is 89.6 cm³/mol. The van der Waals surface area contributed by atoms with Crippen molar-refractivity contribution in [3.8, 4) is 5.69 Å². The second-order valence-electron chi connectivity index (χ2n) is 5.69. The van der Waals surface area contributed by atoms with Crippen LogP contribution in [0, 0.1) is 19.8 Å². The highest BCUT2D eigenvalue weighted by Gasteiger charge is 2.14. The van der Waals surface area contributed by atoms with E-state index in [1.807, 2.05) is 36.7 Å². The van der Waals surface area contributed by atoms with Crippen molar-refractivity contribution in [3.05, 3.63) is 45.2 Å². The van der Waals surface area contributed by atoms with Gasteiger partial charge in [0.2, 0.25) is 0 Å². The van der Waals surface area contributed by atoms with E-state index in [1.165, 1.54) is 0 Å². The molecule has 0 fully saturated rings. The van der Waals surface area contributed by atoms with E-state index in [1.54, 1.807) is 0 Å². The van der Waals surface area contributed by atoms with Gasteiger partial charge in [-0.25, -0.2) is 4.68 Å². The molecule has 2 aromatic rings. The van der Waals surface area contributed by atoms with E-state index in [-0.39, 0.29) is 0 Å². The molecule has 0 radical (unpaired) electrons. The molecule has 21 heavy (non-hydrogen) atoms. The summed E-state index contributed by atoms with van der Waals surface area (Å²) in [6, 6.07) is 5.85. The van der Waals surface area contributed by atoms with Crippen LogP contribution < -0.4 is 5.32 Å². The van der Waals surface area contributed by atoms with Gasteiger partial charge in [-0.15, -0.1) is 0 Å². The standard InChI is InChI=1S/C16H21Cl2N3/c1-10(2)8-19-9-13-7-14(17)5-6-15(13)21-12(4)16(18)11(3)20-21/h5-7,10,19H,8-9H2,1-4H3. The van der Waals surface area contributed by atoms with Crippen molar-refractivity contribution in [2.75, 3.05) is 6.54 Å². The summed E-state index contributed by atoms with van der Waals surface area (Å²) in [6.07, 6.45) is 0. The third-order valence-electron chi connectivity index (χ3n) is 3.34. The number of rotatable bonds is 5. The number of aromatic nitrogens is 2. The summed E-state index contributed by atoms with van der Waals surface area (Å²) in [5, 5.41) is 9.42. The molecule has 114 valence electrons. The molecule has 0 bridgehead atoms. The lowest BCUT2D eigenvalue weighted by Gasteiger charge is -2.13. The Hall–Kier alpha value is -1.03. The zero-order valence-electron chi connectivity index (χ0n) is 12.9. The van der Waals surface area contributed by atoms with Crippen LogP contribution in [-0.2, 0) is 6.54 Å². The Morgan fingerprint density at radius 2 is 1.95 bits per heavy atom. The molecule has 2 rings (SSSR count). The van der Waals surface area contributed by atoms with E-state index in [9.17, 15) is 0 Å². The van der Waals surface area contributed by atoms with Crippen LogP contribution in [0.15, 0.2) is 18.2 Å². The predicted octanol–water partition coefficient (Wildman–Crippen LogP) is 4.54. The first-order chi connectivity index (χ1) is 9.90. The number of hydrogen-bond donors (Lipinski definition) is 1. The third kappa shape index (κ3) is 3.79. The first-order valence-electron chi connectivity index (χ1n) is 7.11. The van der Waals surface area contributed by atoms with Crippen molar-refractivity contribution in [2.45, 2.75) is 34.2 Å². The summed E-state index contributed by atoms with van der Waals surface area (Å²) in [6.45, 7) is 9.98. The van der Waals surface area contributed by atoms with E-state index in [0.717, 1.165) is 40.8 Å². The van der Waals surface area contributed by atoms with Crippen molar-refractivity contribution >= 4 is 23.2 Å². The minimum atomic E-state index is 0.607. The SMILES string of the molecule is Cc1nn(-c2ccc(Cl)cc2CNCC(C)C)c(C)c1Cl. The molecule has 0 aliphatic carbocycles. The zero-order chi connectivity index (χ0) is 15.6. The van der Waals surface area contributed by atoms with Crippen LogP contribution in [0.1, 0.15) is 30.8 Å². The third-order valence-corrected chi connectivity index (χ3v) is 4.12. The van der Waals surface area contributed by atoms with E-state index in [0.29, 0.717) is 10.9 Å². The lowest BCUT2D eigenvalue weighted by molar-refractivity contribution is 0.551. The first-order valence-corrected chi connectivity index (χ1v) is 7.87. The molecule has 0 aliphatic rings. The Balaban J connectivity index is 2.36. The van der Waals surface area contributed by atoms with Crippen LogP contribution >= 0.6 is 23.2 Å². The number of hydrogen-bond acceptors (Lipinski definition) is 2. The Morgan fingerprint density at radius 1 is 1.24 bits per heavy atom. The van der Waals surface area contributed by atoms with E-state index in [2.05, 4.69) is 24.3 Å². The smallest absolute Gasteiger partial charge is 0.0848 e. The summed E-state index contributed by atoms with van der Waals surface area (Å²) in [5.41, 5.74) is 3.92. The molecule has 1 N–H and O–H groups in total. The maximum Gasteiger partial charge on any atom is 0.0848 e. The zero-order valence-corrected chi connectivity index (χ0v) is 14.4. The molecule has 1 aromatic heterocycles. The van der Waals surface area contributed by atoms with Crippen molar-refractivity contribution in [1.29, 1.82) is 0 Å². The minimum absolute atomic E-state index is 0.607. The van der Waals surface area contributed by atoms with Gasteiger partial charge in [-0.3, -0.25) is 0 Å². The van der Waals surface area contributed by atoms with E-state index < -0.39 is 0 Å². The Morgan fingerprint density at radius 3 is 2.52 bits per heavy atom. The summed E-state index contributed by atoms with van der Waals surface area (Å²) < 4.78 is 1.89. The fraction of sp³-hybridized carbons (Fsp3) is 0.438. The number of benzene rings is 1.